The second kappa shape index (κ2) is 10.7. The number of benzene rings is 4. The van der Waals surface area contributed by atoms with E-state index in [9.17, 15) is 4.79 Å². The minimum Gasteiger partial charge on any atom is -0.488 e. The van der Waals surface area contributed by atoms with Crippen molar-refractivity contribution < 1.29 is 9.53 Å². The third-order valence-corrected chi connectivity index (χ3v) is 6.06. The second-order valence-corrected chi connectivity index (χ2v) is 9.97. The van der Waals surface area contributed by atoms with Gasteiger partial charge in [-0.15, -0.1) is 0 Å². The van der Waals surface area contributed by atoms with Crippen LogP contribution in [0.1, 0.15) is 43.0 Å². The van der Waals surface area contributed by atoms with E-state index in [1.165, 1.54) is 5.56 Å². The highest BCUT2D eigenvalue weighted by atomic mass is 35.5. The number of carbonyl (C=O) groups excluding carboxylic acids is 1. The summed E-state index contributed by atoms with van der Waals surface area (Å²) in [5.41, 5.74) is 6.74. The smallest absolute Gasteiger partial charge is 0.244 e. The van der Waals surface area contributed by atoms with E-state index in [4.69, 9.17) is 16.3 Å². The van der Waals surface area contributed by atoms with E-state index in [1.54, 1.807) is 6.21 Å². The normalized spacial score (nSPS) is 11.7. The van der Waals surface area contributed by atoms with E-state index >= 15 is 0 Å². The Morgan fingerprint density at radius 1 is 0.914 bits per heavy atom. The first kappa shape index (κ1) is 24.5. The number of fused-ring (bicyclic) bond motifs is 1. The van der Waals surface area contributed by atoms with Crippen LogP contribution in [0.5, 0.6) is 5.75 Å². The van der Waals surface area contributed by atoms with Crippen LogP contribution in [0.2, 0.25) is 5.02 Å². The molecule has 0 aliphatic heterocycles. The first-order chi connectivity index (χ1) is 16.8. The average molecular weight is 485 g/mol. The number of nitrogens with zero attached hydrogens (tertiary/aromatic N) is 1. The molecule has 1 N–H and O–H groups in total. The maximum Gasteiger partial charge on any atom is 0.244 e. The standard InChI is InChI=1S/C30H29ClN2O2/c1-30(2,3)24-13-8-21(9-14-24)18-29(34)33-32-19-27-26-7-5-4-6-23(26)12-17-28(27)35-20-22-10-15-25(31)16-11-22/h4-17,19H,18,20H2,1-3H3,(H,33,34)/b32-19-. The lowest BCUT2D eigenvalue weighted by atomic mass is 9.86. The van der Waals surface area contributed by atoms with E-state index in [0.29, 0.717) is 17.4 Å². The van der Waals surface area contributed by atoms with Crippen molar-refractivity contribution in [2.75, 3.05) is 0 Å². The van der Waals surface area contributed by atoms with Gasteiger partial charge in [-0.1, -0.05) is 99.1 Å². The maximum absolute atomic E-state index is 12.5. The Morgan fingerprint density at radius 2 is 1.60 bits per heavy atom. The van der Waals surface area contributed by atoms with Gasteiger partial charge in [0.15, 0.2) is 0 Å². The molecule has 0 saturated carbocycles. The molecular formula is C30H29ClN2O2. The highest BCUT2D eigenvalue weighted by molar-refractivity contribution is 6.30. The van der Waals surface area contributed by atoms with Gasteiger partial charge in [0, 0.05) is 10.6 Å². The van der Waals surface area contributed by atoms with Crippen molar-refractivity contribution in [2.24, 2.45) is 5.10 Å². The van der Waals surface area contributed by atoms with Crippen LogP contribution in [0.25, 0.3) is 10.8 Å². The van der Waals surface area contributed by atoms with Gasteiger partial charge in [-0.3, -0.25) is 4.79 Å². The summed E-state index contributed by atoms with van der Waals surface area (Å²) in [6, 6.07) is 27.7. The molecule has 0 aromatic heterocycles. The third-order valence-electron chi connectivity index (χ3n) is 5.81. The van der Waals surface area contributed by atoms with Crippen molar-refractivity contribution in [3.63, 3.8) is 0 Å². The number of carbonyl (C=O) groups is 1. The summed E-state index contributed by atoms with van der Waals surface area (Å²) < 4.78 is 6.12. The summed E-state index contributed by atoms with van der Waals surface area (Å²) in [6.07, 6.45) is 1.91. The van der Waals surface area contributed by atoms with Crippen LogP contribution in [-0.2, 0) is 23.2 Å². The predicted molar refractivity (Wildman–Crippen MR) is 144 cm³/mol. The van der Waals surface area contributed by atoms with Crippen LogP contribution in [0.4, 0.5) is 0 Å². The Balaban J connectivity index is 1.47. The molecule has 0 aliphatic rings. The number of amides is 1. The Bertz CT molecular complexity index is 1340. The number of hydrogen-bond donors (Lipinski definition) is 1. The summed E-state index contributed by atoms with van der Waals surface area (Å²) in [4.78, 5) is 12.5. The van der Waals surface area contributed by atoms with Crippen LogP contribution in [-0.4, -0.2) is 12.1 Å². The van der Waals surface area contributed by atoms with Crippen molar-refractivity contribution in [3.8, 4) is 5.75 Å². The van der Waals surface area contributed by atoms with Gasteiger partial charge in [-0.25, -0.2) is 5.43 Å². The Morgan fingerprint density at radius 3 is 2.31 bits per heavy atom. The molecule has 1 amide bonds. The average Bonchev–Trinajstić information content (AvgIpc) is 2.84. The molecule has 4 nitrogen and oxygen atoms in total. The van der Waals surface area contributed by atoms with Gasteiger partial charge >= 0.3 is 0 Å². The number of rotatable bonds is 7. The molecule has 0 heterocycles. The second-order valence-electron chi connectivity index (χ2n) is 9.53. The van der Waals surface area contributed by atoms with Crippen LogP contribution in [0.3, 0.4) is 0 Å². The van der Waals surface area contributed by atoms with E-state index < -0.39 is 0 Å². The van der Waals surface area contributed by atoms with E-state index in [0.717, 1.165) is 27.5 Å². The summed E-state index contributed by atoms with van der Waals surface area (Å²) in [6.45, 7) is 6.91. The van der Waals surface area contributed by atoms with Crippen molar-refractivity contribution in [3.05, 3.63) is 112 Å². The minimum atomic E-state index is -0.173. The molecule has 5 heteroatoms. The number of ether oxygens (including phenoxy) is 1. The molecule has 0 spiro atoms. The Kier molecular flexibility index (Phi) is 7.52. The van der Waals surface area contributed by atoms with Gasteiger partial charge in [0.2, 0.25) is 5.91 Å². The number of hydrazone groups is 1. The van der Waals surface area contributed by atoms with E-state index in [1.807, 2.05) is 72.8 Å². The molecule has 4 aromatic rings. The summed E-state index contributed by atoms with van der Waals surface area (Å²) >= 11 is 5.99. The zero-order valence-electron chi connectivity index (χ0n) is 20.2. The van der Waals surface area contributed by atoms with Gasteiger partial charge in [0.05, 0.1) is 12.6 Å². The van der Waals surface area contributed by atoms with Crippen LogP contribution < -0.4 is 10.2 Å². The van der Waals surface area contributed by atoms with Gasteiger partial charge in [0.1, 0.15) is 12.4 Å². The highest BCUT2D eigenvalue weighted by Gasteiger charge is 2.13. The van der Waals surface area contributed by atoms with Gasteiger partial charge in [-0.2, -0.15) is 5.10 Å². The monoisotopic (exact) mass is 484 g/mol. The van der Waals surface area contributed by atoms with Gasteiger partial charge in [0.25, 0.3) is 0 Å². The maximum atomic E-state index is 12.5. The first-order valence-corrected chi connectivity index (χ1v) is 12.0. The minimum absolute atomic E-state index is 0.0802. The molecular weight excluding hydrogens is 456 g/mol. The molecule has 4 aromatic carbocycles. The van der Waals surface area contributed by atoms with E-state index in [-0.39, 0.29) is 17.7 Å². The molecule has 0 fully saturated rings. The fraction of sp³-hybridized carbons (Fsp3) is 0.200. The van der Waals surface area contributed by atoms with Crippen LogP contribution >= 0.6 is 11.6 Å². The SMILES string of the molecule is CC(C)(C)c1ccc(CC(=O)N/N=C\c2c(OCc3ccc(Cl)cc3)ccc3ccccc23)cc1. The number of hydrogen-bond acceptors (Lipinski definition) is 3. The fourth-order valence-electron chi connectivity index (χ4n) is 3.79. The summed E-state index contributed by atoms with van der Waals surface area (Å²) in [5.74, 6) is 0.517. The highest BCUT2D eigenvalue weighted by Crippen LogP contribution is 2.27. The van der Waals surface area contributed by atoms with Crippen molar-refractivity contribution in [2.45, 2.75) is 39.2 Å². The molecule has 0 atom stereocenters. The van der Waals surface area contributed by atoms with Crippen molar-refractivity contribution in [1.29, 1.82) is 0 Å². The first-order valence-electron chi connectivity index (χ1n) is 11.6. The fourth-order valence-corrected chi connectivity index (χ4v) is 3.92. The number of halogens is 1. The molecule has 0 radical (unpaired) electrons. The Labute approximate surface area is 211 Å². The van der Waals surface area contributed by atoms with Crippen molar-refractivity contribution >= 4 is 34.5 Å². The topological polar surface area (TPSA) is 50.7 Å². The lowest BCUT2D eigenvalue weighted by Crippen LogP contribution is -2.20. The Hall–Kier alpha value is -3.63. The quantitative estimate of drug-likeness (QED) is 0.225. The predicted octanol–water partition coefficient (Wildman–Crippen LogP) is 7.06. The lowest BCUT2D eigenvalue weighted by molar-refractivity contribution is -0.120. The largest absolute Gasteiger partial charge is 0.488 e. The molecule has 0 saturated heterocycles. The zero-order valence-corrected chi connectivity index (χ0v) is 21.0. The summed E-state index contributed by atoms with van der Waals surface area (Å²) in [7, 11) is 0. The third kappa shape index (κ3) is 6.49. The lowest BCUT2D eigenvalue weighted by Gasteiger charge is -2.19. The summed E-state index contributed by atoms with van der Waals surface area (Å²) in [5, 5.41) is 7.00. The van der Waals surface area contributed by atoms with Crippen LogP contribution in [0.15, 0.2) is 90.0 Å². The van der Waals surface area contributed by atoms with Crippen molar-refractivity contribution in [1.82, 2.24) is 5.43 Å². The molecule has 0 bridgehead atoms. The van der Waals surface area contributed by atoms with E-state index in [2.05, 4.69) is 43.4 Å². The molecule has 0 aliphatic carbocycles. The molecule has 35 heavy (non-hydrogen) atoms. The molecule has 178 valence electrons. The zero-order chi connectivity index (χ0) is 24.8. The molecule has 4 rings (SSSR count). The van der Waals surface area contributed by atoms with Crippen LogP contribution in [0, 0.1) is 0 Å². The number of nitrogens with one attached hydrogen (secondary N) is 1. The van der Waals surface area contributed by atoms with Gasteiger partial charge < -0.3 is 4.74 Å². The molecule has 0 unspecified atom stereocenters. The van der Waals surface area contributed by atoms with Gasteiger partial charge in [-0.05, 0) is 51.1 Å².